The van der Waals surface area contributed by atoms with Gasteiger partial charge in [-0.1, -0.05) is 20.8 Å². The second-order valence-corrected chi connectivity index (χ2v) is 6.44. The summed E-state index contributed by atoms with van der Waals surface area (Å²) in [6, 6.07) is 0. The highest BCUT2D eigenvalue weighted by Crippen LogP contribution is 2.26. The minimum absolute atomic E-state index is 0.119. The molecule has 1 heterocycles. The number of hydrogen-bond donors (Lipinski definition) is 1. The molecule has 0 unspecified atom stereocenters. The van der Waals surface area contributed by atoms with Gasteiger partial charge in [0.1, 0.15) is 0 Å². The molecule has 0 aliphatic carbocycles. The van der Waals surface area contributed by atoms with E-state index in [1.807, 2.05) is 20.9 Å². The normalized spacial score (nSPS) is 12.6. The maximum atomic E-state index is 12.0. The molecule has 0 aromatic carbocycles. The molecule has 1 amide bonds. The van der Waals surface area contributed by atoms with Crippen molar-refractivity contribution in [2.75, 3.05) is 0 Å². The Morgan fingerprint density at radius 3 is 2.35 bits per heavy atom. The van der Waals surface area contributed by atoms with Crippen molar-refractivity contribution in [3.05, 3.63) is 18.2 Å². The Morgan fingerprint density at radius 1 is 1.35 bits per heavy atom. The Morgan fingerprint density at radius 2 is 1.94 bits per heavy atom. The molecule has 1 aromatic heterocycles. The van der Waals surface area contributed by atoms with Gasteiger partial charge in [-0.25, -0.2) is 4.98 Å². The van der Waals surface area contributed by atoms with E-state index in [-0.39, 0.29) is 16.9 Å². The lowest BCUT2D eigenvalue weighted by atomic mass is 9.82. The van der Waals surface area contributed by atoms with Gasteiger partial charge in [-0.3, -0.25) is 4.79 Å². The van der Waals surface area contributed by atoms with Crippen LogP contribution in [0.2, 0.25) is 0 Å². The zero-order chi connectivity index (χ0) is 13.3. The lowest BCUT2D eigenvalue weighted by Gasteiger charge is -2.33. The van der Waals surface area contributed by atoms with Crippen molar-refractivity contribution in [1.82, 2.24) is 14.9 Å². The number of imidazole rings is 1. The van der Waals surface area contributed by atoms with Crippen molar-refractivity contribution < 1.29 is 4.79 Å². The SMILES string of the molecule is Cn1ccnc1C(=O)NC(C)(C)CC(C)(C)C. The third kappa shape index (κ3) is 4.21. The number of amides is 1. The predicted molar refractivity (Wildman–Crippen MR) is 68.8 cm³/mol. The fraction of sp³-hybridized carbons (Fsp3) is 0.692. The summed E-state index contributed by atoms with van der Waals surface area (Å²) in [4.78, 5) is 16.1. The van der Waals surface area contributed by atoms with Gasteiger partial charge in [0.05, 0.1) is 0 Å². The quantitative estimate of drug-likeness (QED) is 0.877. The predicted octanol–water partition coefficient (Wildman–Crippen LogP) is 2.36. The van der Waals surface area contributed by atoms with Crippen LogP contribution in [0.5, 0.6) is 0 Å². The average Bonchev–Trinajstić information content (AvgIpc) is 2.44. The van der Waals surface area contributed by atoms with Gasteiger partial charge in [0, 0.05) is 25.0 Å². The van der Waals surface area contributed by atoms with Gasteiger partial charge in [0.2, 0.25) is 0 Å². The summed E-state index contributed by atoms with van der Waals surface area (Å²) in [5.41, 5.74) is -0.0559. The number of carbonyl (C=O) groups excluding carboxylic acids is 1. The zero-order valence-electron chi connectivity index (χ0n) is 11.7. The average molecular weight is 237 g/mol. The smallest absolute Gasteiger partial charge is 0.287 e. The van der Waals surface area contributed by atoms with Gasteiger partial charge in [-0.2, -0.15) is 0 Å². The van der Waals surface area contributed by atoms with Gasteiger partial charge >= 0.3 is 0 Å². The largest absolute Gasteiger partial charge is 0.344 e. The van der Waals surface area contributed by atoms with Crippen LogP contribution in [-0.4, -0.2) is 21.0 Å². The summed E-state index contributed by atoms with van der Waals surface area (Å²) in [6.45, 7) is 10.6. The first kappa shape index (κ1) is 13.7. The molecule has 0 spiro atoms. The molecule has 0 saturated carbocycles. The van der Waals surface area contributed by atoms with Gasteiger partial charge in [0.15, 0.2) is 5.82 Å². The van der Waals surface area contributed by atoms with Crippen LogP contribution in [0.1, 0.15) is 51.7 Å². The molecule has 1 aromatic rings. The molecule has 0 aliphatic rings. The number of nitrogens with zero attached hydrogens (tertiary/aromatic N) is 2. The molecule has 0 radical (unpaired) electrons. The van der Waals surface area contributed by atoms with Gasteiger partial charge in [0.25, 0.3) is 5.91 Å². The second kappa shape index (κ2) is 4.51. The summed E-state index contributed by atoms with van der Waals surface area (Å²) >= 11 is 0. The Labute approximate surface area is 103 Å². The Bertz CT molecular complexity index is 399. The first-order valence-corrected chi connectivity index (χ1v) is 5.91. The van der Waals surface area contributed by atoms with Gasteiger partial charge < -0.3 is 9.88 Å². The van der Waals surface area contributed by atoms with Crippen LogP contribution in [0, 0.1) is 5.41 Å². The van der Waals surface area contributed by atoms with Crippen molar-refractivity contribution in [3.8, 4) is 0 Å². The minimum Gasteiger partial charge on any atom is -0.344 e. The molecule has 1 N–H and O–H groups in total. The summed E-state index contributed by atoms with van der Waals surface area (Å²) in [5.74, 6) is 0.332. The molecule has 4 nitrogen and oxygen atoms in total. The number of aromatic nitrogens is 2. The molecular weight excluding hydrogens is 214 g/mol. The van der Waals surface area contributed by atoms with Crippen molar-refractivity contribution in [3.63, 3.8) is 0 Å². The summed E-state index contributed by atoms with van der Waals surface area (Å²) in [7, 11) is 1.82. The van der Waals surface area contributed by atoms with E-state index in [2.05, 4.69) is 31.1 Å². The number of carbonyl (C=O) groups is 1. The Kier molecular flexibility index (Phi) is 3.65. The highest BCUT2D eigenvalue weighted by Gasteiger charge is 2.28. The maximum Gasteiger partial charge on any atom is 0.287 e. The Balaban J connectivity index is 2.72. The molecule has 96 valence electrons. The Hall–Kier alpha value is -1.32. The van der Waals surface area contributed by atoms with Crippen LogP contribution in [-0.2, 0) is 7.05 Å². The zero-order valence-corrected chi connectivity index (χ0v) is 11.7. The van der Waals surface area contributed by atoms with Crippen molar-refractivity contribution in [1.29, 1.82) is 0 Å². The van der Waals surface area contributed by atoms with Crippen LogP contribution in [0.3, 0.4) is 0 Å². The van der Waals surface area contributed by atoms with E-state index in [0.29, 0.717) is 5.82 Å². The molecule has 1 rings (SSSR count). The van der Waals surface area contributed by atoms with Crippen LogP contribution < -0.4 is 5.32 Å². The third-order valence-corrected chi connectivity index (χ3v) is 2.45. The molecule has 0 fully saturated rings. The minimum atomic E-state index is -0.235. The molecule has 0 aliphatic heterocycles. The van der Waals surface area contributed by atoms with Crippen molar-refractivity contribution in [2.45, 2.75) is 46.6 Å². The standard InChI is InChI=1S/C13H23N3O/c1-12(2,3)9-13(4,5)15-11(17)10-14-7-8-16(10)6/h7-8H,9H2,1-6H3,(H,15,17). The summed E-state index contributed by atoms with van der Waals surface area (Å²) < 4.78 is 1.72. The first-order chi connectivity index (χ1) is 7.61. The highest BCUT2D eigenvalue weighted by atomic mass is 16.2. The van der Waals surface area contributed by atoms with E-state index in [0.717, 1.165) is 6.42 Å². The van der Waals surface area contributed by atoms with Crippen molar-refractivity contribution in [2.24, 2.45) is 12.5 Å². The lowest BCUT2D eigenvalue weighted by molar-refractivity contribution is 0.0877. The molecule has 17 heavy (non-hydrogen) atoms. The van der Waals surface area contributed by atoms with Crippen LogP contribution in [0.15, 0.2) is 12.4 Å². The number of hydrogen-bond acceptors (Lipinski definition) is 2. The van der Waals surface area contributed by atoms with E-state index in [1.54, 1.807) is 17.0 Å². The fourth-order valence-corrected chi connectivity index (χ4v) is 2.32. The molecule has 0 bridgehead atoms. The van der Waals surface area contributed by atoms with Crippen LogP contribution in [0.4, 0.5) is 0 Å². The van der Waals surface area contributed by atoms with Gasteiger partial charge in [-0.15, -0.1) is 0 Å². The highest BCUT2D eigenvalue weighted by molar-refractivity contribution is 5.91. The van der Waals surface area contributed by atoms with Gasteiger partial charge in [-0.05, 0) is 25.7 Å². The summed E-state index contributed by atoms with van der Waals surface area (Å²) in [6.07, 6.45) is 4.31. The topological polar surface area (TPSA) is 46.9 Å². The first-order valence-electron chi connectivity index (χ1n) is 5.91. The second-order valence-electron chi connectivity index (χ2n) is 6.44. The fourth-order valence-electron chi connectivity index (χ4n) is 2.32. The van der Waals surface area contributed by atoms with E-state index in [9.17, 15) is 4.79 Å². The third-order valence-electron chi connectivity index (χ3n) is 2.45. The maximum absolute atomic E-state index is 12.0. The van der Waals surface area contributed by atoms with E-state index >= 15 is 0 Å². The number of rotatable bonds is 3. The molecular formula is C13H23N3O. The summed E-state index contributed by atoms with van der Waals surface area (Å²) in [5, 5.41) is 3.03. The van der Waals surface area contributed by atoms with E-state index in [4.69, 9.17) is 0 Å². The molecule has 4 heteroatoms. The lowest BCUT2D eigenvalue weighted by Crippen LogP contribution is -2.46. The number of nitrogens with one attached hydrogen (secondary N) is 1. The number of aryl methyl sites for hydroxylation is 1. The van der Waals surface area contributed by atoms with Crippen LogP contribution >= 0.6 is 0 Å². The van der Waals surface area contributed by atoms with Crippen LogP contribution in [0.25, 0.3) is 0 Å². The molecule has 0 saturated heterocycles. The molecule has 0 atom stereocenters. The van der Waals surface area contributed by atoms with E-state index in [1.165, 1.54) is 0 Å². The monoisotopic (exact) mass is 237 g/mol. The van der Waals surface area contributed by atoms with E-state index < -0.39 is 0 Å². The van der Waals surface area contributed by atoms with Crippen molar-refractivity contribution >= 4 is 5.91 Å².